The minimum Gasteiger partial charge on any atom is -0.347 e. The molecule has 0 aliphatic heterocycles. The van der Waals surface area contributed by atoms with Crippen LogP contribution in [0.1, 0.15) is 43.1 Å². The van der Waals surface area contributed by atoms with Crippen LogP contribution in [0.2, 0.25) is 0 Å². The molecule has 0 unspecified atom stereocenters. The van der Waals surface area contributed by atoms with Crippen molar-refractivity contribution in [1.29, 1.82) is 0 Å². The van der Waals surface area contributed by atoms with Crippen molar-refractivity contribution < 1.29 is 4.79 Å². The fourth-order valence-corrected chi connectivity index (χ4v) is 1.94. The van der Waals surface area contributed by atoms with Gasteiger partial charge < -0.3 is 5.32 Å². The molecule has 0 aliphatic carbocycles. The second-order valence-electron chi connectivity index (χ2n) is 4.67. The van der Waals surface area contributed by atoms with E-state index in [1.165, 1.54) is 0 Å². The lowest BCUT2D eigenvalue weighted by Crippen LogP contribution is -2.42. The molecule has 1 rings (SSSR count). The third-order valence-electron chi connectivity index (χ3n) is 2.71. The van der Waals surface area contributed by atoms with Crippen molar-refractivity contribution in [3.8, 4) is 0 Å². The van der Waals surface area contributed by atoms with Crippen LogP contribution in [-0.2, 0) is 0 Å². The first-order valence-corrected chi connectivity index (χ1v) is 6.23. The zero-order valence-corrected chi connectivity index (χ0v) is 11.8. The highest BCUT2D eigenvalue weighted by atomic mass is 79.9. The standard InChI is InChI=1S/C13H18BrNO/c1-5-13(3,4)15-12(16)10-7-6-9(2)8-11(10)14/h6-8H,5H2,1-4H3,(H,15,16). The van der Waals surface area contributed by atoms with E-state index in [1.807, 2.05) is 39.0 Å². The Morgan fingerprint density at radius 2 is 2.06 bits per heavy atom. The van der Waals surface area contributed by atoms with Crippen molar-refractivity contribution in [3.05, 3.63) is 33.8 Å². The van der Waals surface area contributed by atoms with Crippen molar-refractivity contribution in [3.63, 3.8) is 0 Å². The Bertz CT molecular complexity index is 399. The van der Waals surface area contributed by atoms with Gasteiger partial charge in [0.05, 0.1) is 5.56 Å². The van der Waals surface area contributed by atoms with Gasteiger partial charge in [0, 0.05) is 10.0 Å². The highest BCUT2D eigenvalue weighted by Crippen LogP contribution is 2.19. The van der Waals surface area contributed by atoms with Gasteiger partial charge in [-0.1, -0.05) is 13.0 Å². The maximum Gasteiger partial charge on any atom is 0.252 e. The van der Waals surface area contributed by atoms with Gasteiger partial charge in [-0.15, -0.1) is 0 Å². The zero-order chi connectivity index (χ0) is 12.3. The summed E-state index contributed by atoms with van der Waals surface area (Å²) in [4.78, 5) is 12.0. The van der Waals surface area contributed by atoms with Gasteiger partial charge in [-0.25, -0.2) is 0 Å². The average molecular weight is 284 g/mol. The Hall–Kier alpha value is -0.830. The molecule has 1 aromatic rings. The smallest absolute Gasteiger partial charge is 0.252 e. The van der Waals surface area contributed by atoms with Gasteiger partial charge in [-0.2, -0.15) is 0 Å². The van der Waals surface area contributed by atoms with E-state index in [2.05, 4.69) is 28.2 Å². The highest BCUT2D eigenvalue weighted by Gasteiger charge is 2.19. The number of rotatable bonds is 3. The number of amides is 1. The average Bonchev–Trinajstić information content (AvgIpc) is 2.16. The SMILES string of the molecule is CCC(C)(C)NC(=O)c1ccc(C)cc1Br. The van der Waals surface area contributed by atoms with Crippen LogP contribution in [0.25, 0.3) is 0 Å². The van der Waals surface area contributed by atoms with Crippen LogP contribution >= 0.6 is 15.9 Å². The fraction of sp³-hybridized carbons (Fsp3) is 0.462. The molecule has 0 heterocycles. The molecule has 0 aromatic heterocycles. The number of aryl methyl sites for hydroxylation is 1. The molecule has 3 heteroatoms. The summed E-state index contributed by atoms with van der Waals surface area (Å²) in [6.07, 6.45) is 0.905. The van der Waals surface area contributed by atoms with E-state index in [0.29, 0.717) is 5.56 Å². The van der Waals surface area contributed by atoms with Gasteiger partial charge in [-0.05, 0) is 60.8 Å². The molecule has 0 bridgehead atoms. The lowest BCUT2D eigenvalue weighted by atomic mass is 10.0. The Labute approximate surface area is 106 Å². The molecule has 1 N–H and O–H groups in total. The van der Waals surface area contributed by atoms with E-state index in [1.54, 1.807) is 0 Å². The zero-order valence-electron chi connectivity index (χ0n) is 10.2. The minimum atomic E-state index is -0.165. The van der Waals surface area contributed by atoms with Crippen molar-refractivity contribution in [1.82, 2.24) is 5.32 Å². The molecule has 16 heavy (non-hydrogen) atoms. The number of nitrogens with one attached hydrogen (secondary N) is 1. The molecule has 0 aliphatic rings. The lowest BCUT2D eigenvalue weighted by Gasteiger charge is -2.24. The Morgan fingerprint density at radius 3 is 2.56 bits per heavy atom. The summed E-state index contributed by atoms with van der Waals surface area (Å²) in [7, 11) is 0. The number of carbonyl (C=O) groups is 1. The molecule has 0 saturated carbocycles. The third-order valence-corrected chi connectivity index (χ3v) is 3.36. The van der Waals surface area contributed by atoms with Gasteiger partial charge in [0.2, 0.25) is 0 Å². The molecule has 0 saturated heterocycles. The number of benzene rings is 1. The van der Waals surface area contributed by atoms with Crippen LogP contribution in [0.3, 0.4) is 0 Å². The van der Waals surface area contributed by atoms with Crippen molar-refractivity contribution in [2.24, 2.45) is 0 Å². The van der Waals surface area contributed by atoms with E-state index >= 15 is 0 Å². The van der Waals surface area contributed by atoms with Gasteiger partial charge in [0.15, 0.2) is 0 Å². The van der Waals surface area contributed by atoms with Gasteiger partial charge in [0.25, 0.3) is 5.91 Å². The second-order valence-corrected chi connectivity index (χ2v) is 5.53. The monoisotopic (exact) mass is 283 g/mol. The molecule has 2 nitrogen and oxygen atoms in total. The topological polar surface area (TPSA) is 29.1 Å². The summed E-state index contributed by atoms with van der Waals surface area (Å²) in [6.45, 7) is 8.10. The minimum absolute atomic E-state index is 0.0290. The van der Waals surface area contributed by atoms with E-state index in [-0.39, 0.29) is 11.4 Å². The van der Waals surface area contributed by atoms with Gasteiger partial charge >= 0.3 is 0 Å². The Kier molecular flexibility index (Phi) is 4.14. The van der Waals surface area contributed by atoms with Crippen LogP contribution in [0.4, 0.5) is 0 Å². The Morgan fingerprint density at radius 1 is 1.44 bits per heavy atom. The summed E-state index contributed by atoms with van der Waals surface area (Å²) < 4.78 is 0.844. The normalized spacial score (nSPS) is 11.3. The van der Waals surface area contributed by atoms with Gasteiger partial charge in [0.1, 0.15) is 0 Å². The summed E-state index contributed by atoms with van der Waals surface area (Å²) in [5, 5.41) is 3.01. The van der Waals surface area contributed by atoms with Crippen molar-refractivity contribution in [2.45, 2.75) is 39.7 Å². The van der Waals surface area contributed by atoms with E-state index in [0.717, 1.165) is 16.5 Å². The molecular formula is C13H18BrNO. The van der Waals surface area contributed by atoms with Crippen LogP contribution in [0, 0.1) is 6.92 Å². The summed E-state index contributed by atoms with van der Waals surface area (Å²) in [5.41, 5.74) is 1.66. The summed E-state index contributed by atoms with van der Waals surface area (Å²) in [6, 6.07) is 5.74. The molecular weight excluding hydrogens is 266 g/mol. The van der Waals surface area contributed by atoms with E-state index in [9.17, 15) is 4.79 Å². The number of halogens is 1. The van der Waals surface area contributed by atoms with Crippen LogP contribution in [-0.4, -0.2) is 11.4 Å². The molecule has 0 fully saturated rings. The van der Waals surface area contributed by atoms with Crippen LogP contribution < -0.4 is 5.32 Å². The van der Waals surface area contributed by atoms with Crippen LogP contribution in [0.5, 0.6) is 0 Å². The first-order valence-electron chi connectivity index (χ1n) is 5.44. The van der Waals surface area contributed by atoms with Crippen molar-refractivity contribution in [2.75, 3.05) is 0 Å². The summed E-state index contributed by atoms with van der Waals surface area (Å²) in [5.74, 6) is -0.0290. The maximum absolute atomic E-state index is 12.0. The quantitative estimate of drug-likeness (QED) is 0.901. The predicted octanol–water partition coefficient (Wildman–Crippen LogP) is 3.68. The predicted molar refractivity (Wildman–Crippen MR) is 70.7 cm³/mol. The van der Waals surface area contributed by atoms with E-state index in [4.69, 9.17) is 0 Å². The third kappa shape index (κ3) is 3.34. The Balaban J connectivity index is 2.89. The first kappa shape index (κ1) is 13.2. The van der Waals surface area contributed by atoms with Crippen LogP contribution in [0.15, 0.2) is 22.7 Å². The lowest BCUT2D eigenvalue weighted by molar-refractivity contribution is 0.0910. The number of hydrogen-bond donors (Lipinski definition) is 1. The number of carbonyl (C=O) groups excluding carboxylic acids is 1. The molecule has 88 valence electrons. The molecule has 1 aromatic carbocycles. The van der Waals surface area contributed by atoms with E-state index < -0.39 is 0 Å². The van der Waals surface area contributed by atoms with Crippen molar-refractivity contribution >= 4 is 21.8 Å². The molecule has 1 amide bonds. The molecule has 0 radical (unpaired) electrons. The van der Waals surface area contributed by atoms with Gasteiger partial charge in [-0.3, -0.25) is 4.79 Å². The summed E-state index contributed by atoms with van der Waals surface area (Å²) >= 11 is 3.42. The fourth-order valence-electron chi connectivity index (χ4n) is 1.27. The maximum atomic E-state index is 12.0. The number of hydrogen-bond acceptors (Lipinski definition) is 1. The first-order chi connectivity index (χ1) is 7.35. The molecule has 0 atom stereocenters. The largest absolute Gasteiger partial charge is 0.347 e. The molecule has 0 spiro atoms. The second kappa shape index (κ2) is 5.00. The highest BCUT2D eigenvalue weighted by molar-refractivity contribution is 9.10.